The number of furan rings is 1. The molecule has 1 heterocycles. The third kappa shape index (κ3) is 4.61. The first-order valence-corrected chi connectivity index (χ1v) is 8.10. The lowest BCUT2D eigenvalue weighted by molar-refractivity contribution is -0.133. The first kappa shape index (κ1) is 18.1. The molecule has 0 aliphatic heterocycles. The third-order valence-electron chi connectivity index (χ3n) is 3.68. The van der Waals surface area contributed by atoms with Gasteiger partial charge in [0.05, 0.1) is 12.8 Å². The fraction of sp³-hybridized carbons (Fsp3) is 0.333. The molecule has 0 saturated carbocycles. The van der Waals surface area contributed by atoms with E-state index in [4.69, 9.17) is 16.0 Å². The molecular formula is C18H21ClN2O3. The summed E-state index contributed by atoms with van der Waals surface area (Å²) in [6.45, 7) is 4.14. The van der Waals surface area contributed by atoms with Crippen LogP contribution in [-0.2, 0) is 11.3 Å². The van der Waals surface area contributed by atoms with E-state index in [9.17, 15) is 9.59 Å². The van der Waals surface area contributed by atoms with Crippen LogP contribution in [0, 0.1) is 5.92 Å². The largest absolute Gasteiger partial charge is 0.467 e. The Labute approximate surface area is 146 Å². The van der Waals surface area contributed by atoms with Gasteiger partial charge in [-0.1, -0.05) is 25.4 Å². The van der Waals surface area contributed by atoms with Crippen molar-refractivity contribution in [2.75, 3.05) is 7.05 Å². The molecule has 0 fully saturated rings. The number of hydrogen-bond donors (Lipinski definition) is 1. The molecular weight excluding hydrogens is 328 g/mol. The van der Waals surface area contributed by atoms with Gasteiger partial charge in [-0.05, 0) is 42.3 Å². The van der Waals surface area contributed by atoms with Crippen LogP contribution >= 0.6 is 11.6 Å². The Kier molecular flexibility index (Phi) is 6.04. The van der Waals surface area contributed by atoms with Crippen molar-refractivity contribution in [3.8, 4) is 0 Å². The van der Waals surface area contributed by atoms with Crippen molar-refractivity contribution in [1.29, 1.82) is 0 Å². The summed E-state index contributed by atoms with van der Waals surface area (Å²) in [6.07, 6.45) is 1.57. The Morgan fingerprint density at radius 3 is 2.42 bits per heavy atom. The summed E-state index contributed by atoms with van der Waals surface area (Å²) >= 11 is 5.83. The maximum Gasteiger partial charge on any atom is 0.251 e. The van der Waals surface area contributed by atoms with Crippen LogP contribution in [0.1, 0.15) is 30.0 Å². The maximum absolute atomic E-state index is 12.7. The van der Waals surface area contributed by atoms with Gasteiger partial charge in [-0.3, -0.25) is 9.59 Å². The Bertz CT molecular complexity index is 681. The summed E-state index contributed by atoms with van der Waals surface area (Å²) < 4.78 is 5.26. The van der Waals surface area contributed by atoms with Gasteiger partial charge in [-0.2, -0.15) is 0 Å². The average Bonchev–Trinajstić information content (AvgIpc) is 3.05. The molecule has 24 heavy (non-hydrogen) atoms. The summed E-state index contributed by atoms with van der Waals surface area (Å²) in [6, 6.07) is 9.51. The van der Waals surface area contributed by atoms with E-state index < -0.39 is 6.04 Å². The van der Waals surface area contributed by atoms with Crippen LogP contribution < -0.4 is 5.32 Å². The van der Waals surface area contributed by atoms with E-state index in [0.717, 1.165) is 0 Å². The van der Waals surface area contributed by atoms with Gasteiger partial charge < -0.3 is 14.6 Å². The standard InChI is InChI=1S/C18H21ClN2O3/c1-12(2)16(18(23)21(3)11-15-5-4-10-24-15)20-17(22)13-6-8-14(19)9-7-13/h4-10,12,16H,11H2,1-3H3,(H,20,22)/t16-/m1/s1. The SMILES string of the molecule is CC(C)[C@@H](NC(=O)c1ccc(Cl)cc1)C(=O)N(C)Cc1ccco1. The first-order chi connectivity index (χ1) is 11.4. The van der Waals surface area contributed by atoms with E-state index in [0.29, 0.717) is 22.9 Å². The fourth-order valence-corrected chi connectivity index (χ4v) is 2.42. The van der Waals surface area contributed by atoms with Gasteiger partial charge >= 0.3 is 0 Å². The quantitative estimate of drug-likeness (QED) is 0.870. The van der Waals surface area contributed by atoms with Crippen LogP contribution in [-0.4, -0.2) is 29.8 Å². The number of amides is 2. The molecule has 0 unspecified atom stereocenters. The summed E-state index contributed by atoms with van der Waals surface area (Å²) in [5.74, 6) is 0.180. The minimum absolute atomic E-state index is 0.0483. The van der Waals surface area contributed by atoms with Crippen LogP contribution in [0.4, 0.5) is 0 Å². The number of likely N-dealkylation sites (N-methyl/N-ethyl adjacent to an activating group) is 1. The summed E-state index contributed by atoms with van der Waals surface area (Å²) in [4.78, 5) is 26.6. The second kappa shape index (κ2) is 8.02. The van der Waals surface area contributed by atoms with E-state index >= 15 is 0 Å². The number of halogens is 1. The van der Waals surface area contributed by atoms with Gasteiger partial charge in [-0.25, -0.2) is 0 Å². The highest BCUT2D eigenvalue weighted by Crippen LogP contribution is 2.13. The van der Waals surface area contributed by atoms with E-state index in [1.165, 1.54) is 0 Å². The number of benzene rings is 1. The number of hydrogen-bond acceptors (Lipinski definition) is 3. The van der Waals surface area contributed by atoms with Gasteiger partial charge in [0, 0.05) is 17.6 Å². The third-order valence-corrected chi connectivity index (χ3v) is 3.93. The highest BCUT2D eigenvalue weighted by Gasteiger charge is 2.27. The van der Waals surface area contributed by atoms with Crippen LogP contribution in [0.3, 0.4) is 0 Å². The molecule has 2 amide bonds. The zero-order valence-corrected chi connectivity index (χ0v) is 14.7. The maximum atomic E-state index is 12.7. The molecule has 0 aliphatic carbocycles. The number of rotatable bonds is 6. The predicted molar refractivity (Wildman–Crippen MR) is 92.7 cm³/mol. The van der Waals surface area contributed by atoms with E-state index in [2.05, 4.69) is 5.32 Å². The molecule has 1 aromatic carbocycles. The average molecular weight is 349 g/mol. The molecule has 0 spiro atoms. The van der Waals surface area contributed by atoms with Crippen molar-refractivity contribution in [2.45, 2.75) is 26.4 Å². The molecule has 0 bridgehead atoms. The van der Waals surface area contributed by atoms with Crippen LogP contribution in [0.25, 0.3) is 0 Å². The zero-order valence-electron chi connectivity index (χ0n) is 14.0. The molecule has 2 aromatic rings. The molecule has 0 radical (unpaired) electrons. The fourth-order valence-electron chi connectivity index (χ4n) is 2.29. The number of carbonyl (C=O) groups is 2. The van der Waals surface area contributed by atoms with Crippen molar-refractivity contribution in [3.63, 3.8) is 0 Å². The second-order valence-corrected chi connectivity index (χ2v) is 6.41. The smallest absolute Gasteiger partial charge is 0.251 e. The van der Waals surface area contributed by atoms with Crippen molar-refractivity contribution in [2.24, 2.45) is 5.92 Å². The molecule has 6 heteroatoms. The lowest BCUT2D eigenvalue weighted by Gasteiger charge is -2.26. The molecule has 0 saturated heterocycles. The van der Waals surface area contributed by atoms with E-state index in [1.807, 2.05) is 13.8 Å². The van der Waals surface area contributed by atoms with Crippen LogP contribution in [0.2, 0.25) is 5.02 Å². The lowest BCUT2D eigenvalue weighted by atomic mass is 10.0. The summed E-state index contributed by atoms with van der Waals surface area (Å²) in [5, 5.41) is 3.37. The van der Waals surface area contributed by atoms with Gasteiger partial charge in [0.25, 0.3) is 5.91 Å². The Morgan fingerprint density at radius 1 is 1.21 bits per heavy atom. The second-order valence-electron chi connectivity index (χ2n) is 5.98. The lowest BCUT2D eigenvalue weighted by Crippen LogP contribution is -2.50. The Hall–Kier alpha value is -2.27. The van der Waals surface area contributed by atoms with Crippen molar-refractivity contribution in [1.82, 2.24) is 10.2 Å². The van der Waals surface area contributed by atoms with Crippen molar-refractivity contribution >= 4 is 23.4 Å². The normalized spacial score (nSPS) is 12.0. The highest BCUT2D eigenvalue weighted by atomic mass is 35.5. The number of nitrogens with zero attached hydrogens (tertiary/aromatic N) is 1. The predicted octanol–water partition coefficient (Wildman–Crippen LogP) is 3.35. The topological polar surface area (TPSA) is 62.6 Å². The molecule has 0 aliphatic rings. The molecule has 128 valence electrons. The highest BCUT2D eigenvalue weighted by molar-refractivity contribution is 6.30. The molecule has 2 rings (SSSR count). The summed E-state index contributed by atoms with van der Waals surface area (Å²) in [5.41, 5.74) is 0.464. The molecule has 1 N–H and O–H groups in total. The first-order valence-electron chi connectivity index (χ1n) is 7.72. The zero-order chi connectivity index (χ0) is 17.7. The Morgan fingerprint density at radius 2 is 1.88 bits per heavy atom. The van der Waals surface area contributed by atoms with Gasteiger partial charge in [0.15, 0.2) is 0 Å². The van der Waals surface area contributed by atoms with Crippen molar-refractivity contribution in [3.05, 3.63) is 59.0 Å². The molecule has 1 aromatic heterocycles. The molecule has 1 atom stereocenters. The van der Waals surface area contributed by atoms with Gasteiger partial charge in [0.1, 0.15) is 11.8 Å². The Balaban J connectivity index is 2.06. The van der Waals surface area contributed by atoms with Gasteiger partial charge in [-0.15, -0.1) is 0 Å². The molecule has 5 nitrogen and oxygen atoms in total. The number of carbonyl (C=O) groups excluding carboxylic acids is 2. The van der Waals surface area contributed by atoms with Crippen LogP contribution in [0.5, 0.6) is 0 Å². The monoisotopic (exact) mass is 348 g/mol. The van der Waals surface area contributed by atoms with Crippen molar-refractivity contribution < 1.29 is 14.0 Å². The minimum atomic E-state index is -0.617. The van der Waals surface area contributed by atoms with E-state index in [1.54, 1.807) is 54.6 Å². The van der Waals surface area contributed by atoms with Crippen LogP contribution in [0.15, 0.2) is 47.1 Å². The summed E-state index contributed by atoms with van der Waals surface area (Å²) in [7, 11) is 1.69. The van der Waals surface area contributed by atoms with E-state index in [-0.39, 0.29) is 17.7 Å². The van der Waals surface area contributed by atoms with Gasteiger partial charge in [0.2, 0.25) is 5.91 Å². The number of nitrogens with one attached hydrogen (secondary N) is 1. The minimum Gasteiger partial charge on any atom is -0.467 e.